The first-order chi connectivity index (χ1) is 11.0. The molecule has 0 fully saturated rings. The first-order valence-corrected chi connectivity index (χ1v) is 8.38. The van der Waals surface area contributed by atoms with Gasteiger partial charge in [-0.3, -0.25) is 4.79 Å². The number of carbonyl (C=O) groups is 1. The van der Waals surface area contributed by atoms with Gasteiger partial charge in [0.1, 0.15) is 0 Å². The van der Waals surface area contributed by atoms with Crippen LogP contribution in [0.1, 0.15) is 29.5 Å². The Hall–Kier alpha value is -2.08. The van der Waals surface area contributed by atoms with E-state index in [1.807, 2.05) is 39.0 Å². The summed E-state index contributed by atoms with van der Waals surface area (Å²) < 4.78 is 10.8. The summed E-state index contributed by atoms with van der Waals surface area (Å²) in [7, 11) is 1.61. The van der Waals surface area contributed by atoms with Crippen molar-refractivity contribution >= 4 is 22.4 Å². The lowest BCUT2D eigenvalue weighted by atomic mass is 10.1. The summed E-state index contributed by atoms with van der Waals surface area (Å²) in [6.45, 7) is 6.45. The fraction of sp³-hybridized carbons (Fsp3) is 0.412. The van der Waals surface area contributed by atoms with Crippen LogP contribution in [0.15, 0.2) is 18.2 Å². The van der Waals surface area contributed by atoms with Crippen molar-refractivity contribution in [3.63, 3.8) is 0 Å². The molecular formula is C17H22N2O3S. The number of nitrogens with zero attached hydrogens (tertiary/aromatic N) is 1. The Bertz CT molecular complexity index is 663. The van der Waals surface area contributed by atoms with E-state index in [1.54, 1.807) is 7.11 Å². The second-order valence-electron chi connectivity index (χ2n) is 5.13. The highest BCUT2D eigenvalue weighted by Gasteiger charge is 2.10. The van der Waals surface area contributed by atoms with Crippen molar-refractivity contribution in [2.24, 2.45) is 0 Å². The molecule has 0 bridgehead atoms. The van der Waals surface area contributed by atoms with Gasteiger partial charge in [0.25, 0.3) is 0 Å². The van der Waals surface area contributed by atoms with E-state index in [4.69, 9.17) is 9.47 Å². The second kappa shape index (κ2) is 7.97. The predicted molar refractivity (Wildman–Crippen MR) is 92.7 cm³/mol. The third-order valence-electron chi connectivity index (χ3n) is 3.44. The minimum absolute atomic E-state index is 0.0356. The summed E-state index contributed by atoms with van der Waals surface area (Å²) in [5, 5.41) is 3.51. The number of rotatable bonds is 7. The molecule has 0 saturated heterocycles. The number of hydrogen-bond acceptors (Lipinski definition) is 5. The zero-order chi connectivity index (χ0) is 16.8. The van der Waals surface area contributed by atoms with Crippen molar-refractivity contribution in [2.75, 3.05) is 19.0 Å². The van der Waals surface area contributed by atoms with Crippen LogP contribution in [-0.2, 0) is 11.2 Å². The third kappa shape index (κ3) is 4.69. The van der Waals surface area contributed by atoms with Crippen molar-refractivity contribution in [3.8, 4) is 11.5 Å². The molecule has 1 heterocycles. The highest BCUT2D eigenvalue weighted by atomic mass is 32.1. The molecule has 124 valence electrons. The summed E-state index contributed by atoms with van der Waals surface area (Å²) in [4.78, 5) is 17.5. The van der Waals surface area contributed by atoms with Gasteiger partial charge in [0.15, 0.2) is 16.6 Å². The van der Waals surface area contributed by atoms with Crippen LogP contribution in [0, 0.1) is 13.8 Å². The number of ether oxygens (including phenoxy) is 2. The number of nitrogens with one attached hydrogen (secondary N) is 1. The average molecular weight is 334 g/mol. The lowest BCUT2D eigenvalue weighted by Gasteiger charge is -2.10. The van der Waals surface area contributed by atoms with Gasteiger partial charge < -0.3 is 14.8 Å². The van der Waals surface area contributed by atoms with Crippen LogP contribution in [-0.4, -0.2) is 24.6 Å². The first kappa shape index (κ1) is 17.3. The van der Waals surface area contributed by atoms with Gasteiger partial charge in [-0.2, -0.15) is 0 Å². The molecule has 6 heteroatoms. The van der Waals surface area contributed by atoms with Crippen molar-refractivity contribution in [2.45, 2.75) is 33.6 Å². The Morgan fingerprint density at radius 1 is 1.30 bits per heavy atom. The highest BCUT2D eigenvalue weighted by molar-refractivity contribution is 7.15. The molecule has 0 saturated carbocycles. The van der Waals surface area contributed by atoms with Crippen molar-refractivity contribution < 1.29 is 14.3 Å². The van der Waals surface area contributed by atoms with E-state index < -0.39 is 0 Å². The maximum absolute atomic E-state index is 12.0. The molecule has 2 aromatic rings. The van der Waals surface area contributed by atoms with E-state index in [-0.39, 0.29) is 5.91 Å². The second-order valence-corrected chi connectivity index (χ2v) is 6.33. The quantitative estimate of drug-likeness (QED) is 0.838. The van der Waals surface area contributed by atoms with E-state index in [0.717, 1.165) is 21.9 Å². The number of amides is 1. The van der Waals surface area contributed by atoms with Gasteiger partial charge in [0, 0.05) is 11.3 Å². The topological polar surface area (TPSA) is 60.5 Å². The van der Waals surface area contributed by atoms with Gasteiger partial charge in [-0.25, -0.2) is 4.98 Å². The number of thiazole rings is 1. The lowest BCUT2D eigenvalue weighted by Crippen LogP contribution is -2.12. The van der Waals surface area contributed by atoms with Gasteiger partial charge >= 0.3 is 0 Å². The number of benzene rings is 1. The normalized spacial score (nSPS) is 10.4. The molecule has 0 atom stereocenters. The molecule has 0 aliphatic rings. The van der Waals surface area contributed by atoms with E-state index in [9.17, 15) is 4.79 Å². The monoisotopic (exact) mass is 334 g/mol. The molecule has 0 spiro atoms. The molecular weight excluding hydrogens is 312 g/mol. The molecule has 1 N–H and O–H groups in total. The van der Waals surface area contributed by atoms with E-state index >= 15 is 0 Å². The zero-order valence-electron chi connectivity index (χ0n) is 13.9. The zero-order valence-corrected chi connectivity index (χ0v) is 14.8. The van der Waals surface area contributed by atoms with Crippen LogP contribution >= 0.6 is 11.3 Å². The number of aryl methyl sites for hydroxylation is 3. The van der Waals surface area contributed by atoms with Crippen LogP contribution in [0.4, 0.5) is 5.13 Å². The fourth-order valence-corrected chi connectivity index (χ4v) is 2.94. The maximum Gasteiger partial charge on any atom is 0.226 e. The van der Waals surface area contributed by atoms with E-state index in [2.05, 4.69) is 10.3 Å². The van der Waals surface area contributed by atoms with Gasteiger partial charge in [0.05, 0.1) is 19.4 Å². The molecule has 0 radical (unpaired) electrons. The molecule has 2 rings (SSSR count). The predicted octanol–water partition coefficient (Wildman–Crippen LogP) is 3.74. The molecule has 23 heavy (non-hydrogen) atoms. The van der Waals surface area contributed by atoms with Gasteiger partial charge in [-0.15, -0.1) is 11.3 Å². The van der Waals surface area contributed by atoms with Crippen molar-refractivity contribution in [3.05, 3.63) is 34.3 Å². The summed E-state index contributed by atoms with van der Waals surface area (Å²) in [5.41, 5.74) is 1.99. The Morgan fingerprint density at radius 2 is 2.09 bits per heavy atom. The van der Waals surface area contributed by atoms with Crippen LogP contribution in [0.25, 0.3) is 0 Å². The Balaban J connectivity index is 1.93. The van der Waals surface area contributed by atoms with Crippen LogP contribution in [0.3, 0.4) is 0 Å². The summed E-state index contributed by atoms with van der Waals surface area (Å²) in [5.74, 6) is 1.37. The molecule has 0 aliphatic heterocycles. The maximum atomic E-state index is 12.0. The SMILES string of the molecule is CCOc1ccc(CCC(=O)Nc2nc(C)c(C)s2)cc1OC. The van der Waals surface area contributed by atoms with Gasteiger partial charge in [0.2, 0.25) is 5.91 Å². The number of anilines is 1. The molecule has 0 aliphatic carbocycles. The van der Waals surface area contributed by atoms with Crippen LogP contribution < -0.4 is 14.8 Å². The number of hydrogen-bond donors (Lipinski definition) is 1. The van der Waals surface area contributed by atoms with Crippen molar-refractivity contribution in [1.29, 1.82) is 0 Å². The average Bonchev–Trinajstić information content (AvgIpc) is 2.84. The number of methoxy groups -OCH3 is 1. The Labute approximate surface area is 140 Å². The number of aromatic nitrogens is 1. The molecule has 1 aromatic carbocycles. The summed E-state index contributed by atoms with van der Waals surface area (Å²) in [6, 6.07) is 5.75. The Morgan fingerprint density at radius 3 is 2.70 bits per heavy atom. The summed E-state index contributed by atoms with van der Waals surface area (Å²) in [6.07, 6.45) is 1.03. The van der Waals surface area contributed by atoms with Gasteiger partial charge in [-0.1, -0.05) is 6.07 Å². The standard InChI is InChI=1S/C17H22N2O3S/c1-5-22-14-8-6-13(10-15(14)21-4)7-9-16(20)19-17-18-11(2)12(3)23-17/h6,8,10H,5,7,9H2,1-4H3,(H,18,19,20). The molecule has 0 unspecified atom stereocenters. The van der Waals surface area contributed by atoms with E-state index in [0.29, 0.717) is 30.3 Å². The summed E-state index contributed by atoms with van der Waals surface area (Å²) >= 11 is 1.50. The minimum Gasteiger partial charge on any atom is -0.493 e. The molecule has 1 amide bonds. The fourth-order valence-electron chi connectivity index (χ4n) is 2.11. The third-order valence-corrected chi connectivity index (χ3v) is 4.43. The van der Waals surface area contributed by atoms with Crippen molar-refractivity contribution in [1.82, 2.24) is 4.98 Å². The van der Waals surface area contributed by atoms with Crippen LogP contribution in [0.2, 0.25) is 0 Å². The van der Waals surface area contributed by atoms with Crippen LogP contribution in [0.5, 0.6) is 11.5 Å². The highest BCUT2D eigenvalue weighted by Crippen LogP contribution is 2.28. The molecule has 5 nitrogen and oxygen atoms in total. The molecule has 1 aromatic heterocycles. The van der Waals surface area contributed by atoms with Gasteiger partial charge in [-0.05, 0) is 44.9 Å². The Kier molecular flexibility index (Phi) is 5.98. The smallest absolute Gasteiger partial charge is 0.226 e. The largest absolute Gasteiger partial charge is 0.493 e. The lowest BCUT2D eigenvalue weighted by molar-refractivity contribution is -0.116. The van der Waals surface area contributed by atoms with E-state index in [1.165, 1.54) is 11.3 Å². The first-order valence-electron chi connectivity index (χ1n) is 7.57. The minimum atomic E-state index is -0.0356. The number of carbonyl (C=O) groups excluding carboxylic acids is 1.